The molecule has 4 heterocycles. The molecule has 4 rings (SSSR count). The first kappa shape index (κ1) is 17.4. The molecule has 2 atom stereocenters. The van der Waals surface area contributed by atoms with E-state index in [0.717, 1.165) is 57.2 Å². The maximum Gasteiger partial charge on any atom is 0.104 e. The summed E-state index contributed by atoms with van der Waals surface area (Å²) in [7, 11) is 0. The fourth-order valence-corrected chi connectivity index (χ4v) is 3.85. The molecule has 2 aromatic heterocycles. The van der Waals surface area contributed by atoms with E-state index < -0.39 is 0 Å². The summed E-state index contributed by atoms with van der Waals surface area (Å²) >= 11 is 0. The molecule has 6 nitrogen and oxygen atoms in total. The summed E-state index contributed by atoms with van der Waals surface area (Å²) in [6, 6.07) is 10.1. The Morgan fingerprint density at radius 1 is 1.23 bits per heavy atom. The highest BCUT2D eigenvalue weighted by Crippen LogP contribution is 2.33. The van der Waals surface area contributed by atoms with Crippen LogP contribution in [0, 0.1) is 5.92 Å². The van der Waals surface area contributed by atoms with Gasteiger partial charge in [-0.15, -0.1) is 0 Å². The van der Waals surface area contributed by atoms with Gasteiger partial charge in [-0.2, -0.15) is 0 Å². The number of nitrogens with zero attached hydrogens (tertiary/aromatic N) is 3. The molecule has 0 saturated carbocycles. The molecule has 0 aromatic carbocycles. The molecule has 2 aliphatic rings. The number of ether oxygens (including phenoxy) is 2. The Bertz CT molecular complexity index is 685. The van der Waals surface area contributed by atoms with Gasteiger partial charge in [0, 0.05) is 50.7 Å². The zero-order valence-electron chi connectivity index (χ0n) is 15.0. The van der Waals surface area contributed by atoms with Crippen LogP contribution in [-0.2, 0) is 16.0 Å². The van der Waals surface area contributed by atoms with E-state index in [2.05, 4.69) is 26.3 Å². The zero-order chi connectivity index (χ0) is 17.7. The summed E-state index contributed by atoms with van der Waals surface area (Å²) in [6.45, 7) is 5.74. The first-order chi connectivity index (χ1) is 12.8. The third-order valence-corrected chi connectivity index (χ3v) is 5.08. The fourth-order valence-electron chi connectivity index (χ4n) is 3.85. The largest absolute Gasteiger partial charge is 0.383 e. The minimum atomic E-state index is -0.202. The Hall–Kier alpha value is -2.02. The molecular formula is C20H26N4O2. The van der Waals surface area contributed by atoms with Crippen molar-refractivity contribution in [2.75, 3.05) is 44.8 Å². The third kappa shape index (κ3) is 4.38. The van der Waals surface area contributed by atoms with Gasteiger partial charge in [-0.3, -0.25) is 14.9 Å². The molecule has 0 aliphatic carbocycles. The van der Waals surface area contributed by atoms with Gasteiger partial charge in [0.05, 0.1) is 31.2 Å². The third-order valence-electron chi connectivity index (χ3n) is 5.08. The van der Waals surface area contributed by atoms with Gasteiger partial charge in [0.2, 0.25) is 0 Å². The van der Waals surface area contributed by atoms with Gasteiger partial charge >= 0.3 is 0 Å². The van der Waals surface area contributed by atoms with Gasteiger partial charge in [-0.05, 0) is 30.7 Å². The number of hydrogen-bond donors (Lipinski definition) is 1. The SMILES string of the molecule is c1ccc(CN2CCOCC3(CC(CNc4cccnc4)CO3)C2)nc1. The molecule has 0 radical (unpaired) electrons. The maximum atomic E-state index is 6.29. The lowest BCUT2D eigenvalue weighted by molar-refractivity contribution is -0.0563. The normalized spacial score (nSPS) is 26.7. The van der Waals surface area contributed by atoms with Gasteiger partial charge in [-0.25, -0.2) is 0 Å². The highest BCUT2D eigenvalue weighted by atomic mass is 16.5. The standard InChI is InChI=1S/C20H26N4O2/c1-2-7-22-19(4-1)13-24-8-9-25-16-20(15-24)10-17(14-26-20)11-23-18-5-3-6-21-12-18/h1-7,12,17,23H,8-11,13-16H2. The Balaban J connectivity index is 1.34. The van der Waals surface area contributed by atoms with Crippen molar-refractivity contribution in [1.29, 1.82) is 0 Å². The topological polar surface area (TPSA) is 59.5 Å². The molecular weight excluding hydrogens is 328 g/mol. The number of nitrogens with one attached hydrogen (secondary N) is 1. The molecule has 6 heteroatoms. The van der Waals surface area contributed by atoms with E-state index in [9.17, 15) is 0 Å². The van der Waals surface area contributed by atoms with Crippen LogP contribution in [0.2, 0.25) is 0 Å². The van der Waals surface area contributed by atoms with Crippen LogP contribution in [0.25, 0.3) is 0 Å². The van der Waals surface area contributed by atoms with E-state index in [0.29, 0.717) is 12.5 Å². The Labute approximate surface area is 154 Å². The summed E-state index contributed by atoms with van der Waals surface area (Å²) in [5, 5.41) is 3.47. The molecule has 2 aliphatic heterocycles. The van der Waals surface area contributed by atoms with Crippen molar-refractivity contribution in [3.63, 3.8) is 0 Å². The van der Waals surface area contributed by atoms with Gasteiger partial charge in [0.15, 0.2) is 0 Å². The molecule has 0 amide bonds. The lowest BCUT2D eigenvalue weighted by atomic mass is 9.94. The van der Waals surface area contributed by atoms with Crippen molar-refractivity contribution in [1.82, 2.24) is 14.9 Å². The zero-order valence-corrected chi connectivity index (χ0v) is 15.0. The Kier molecular flexibility index (Phi) is 5.43. The van der Waals surface area contributed by atoms with Crippen molar-refractivity contribution >= 4 is 5.69 Å². The molecule has 26 heavy (non-hydrogen) atoms. The van der Waals surface area contributed by atoms with Crippen LogP contribution in [0.4, 0.5) is 5.69 Å². The first-order valence-corrected chi connectivity index (χ1v) is 9.29. The Morgan fingerprint density at radius 3 is 3.08 bits per heavy atom. The van der Waals surface area contributed by atoms with E-state index >= 15 is 0 Å². The quantitative estimate of drug-likeness (QED) is 0.888. The number of hydrogen-bond acceptors (Lipinski definition) is 6. The number of rotatable bonds is 5. The van der Waals surface area contributed by atoms with E-state index in [1.807, 2.05) is 36.7 Å². The molecule has 2 saturated heterocycles. The average Bonchev–Trinajstić information content (AvgIpc) is 2.97. The lowest BCUT2D eigenvalue weighted by Crippen LogP contribution is -2.44. The monoisotopic (exact) mass is 354 g/mol. The maximum absolute atomic E-state index is 6.29. The van der Waals surface area contributed by atoms with Crippen LogP contribution in [0.1, 0.15) is 12.1 Å². The smallest absolute Gasteiger partial charge is 0.104 e. The van der Waals surface area contributed by atoms with Gasteiger partial charge in [0.25, 0.3) is 0 Å². The van der Waals surface area contributed by atoms with Crippen LogP contribution in [0.3, 0.4) is 0 Å². The molecule has 0 bridgehead atoms. The van der Waals surface area contributed by atoms with Crippen LogP contribution in [0.15, 0.2) is 48.9 Å². The molecule has 138 valence electrons. The predicted molar refractivity (Wildman–Crippen MR) is 99.8 cm³/mol. The molecule has 2 aromatic rings. The molecule has 2 fully saturated rings. The van der Waals surface area contributed by atoms with Crippen molar-refractivity contribution in [3.8, 4) is 0 Å². The second kappa shape index (κ2) is 8.12. The summed E-state index contributed by atoms with van der Waals surface area (Å²) in [6.07, 6.45) is 6.51. The average molecular weight is 354 g/mol. The minimum absolute atomic E-state index is 0.202. The van der Waals surface area contributed by atoms with Crippen LogP contribution < -0.4 is 5.32 Å². The van der Waals surface area contributed by atoms with E-state index in [4.69, 9.17) is 9.47 Å². The van der Waals surface area contributed by atoms with Crippen molar-refractivity contribution in [3.05, 3.63) is 54.6 Å². The van der Waals surface area contributed by atoms with Gasteiger partial charge in [0.1, 0.15) is 5.60 Å². The van der Waals surface area contributed by atoms with Gasteiger partial charge < -0.3 is 14.8 Å². The summed E-state index contributed by atoms with van der Waals surface area (Å²) in [5.74, 6) is 0.480. The lowest BCUT2D eigenvalue weighted by Gasteiger charge is -2.31. The van der Waals surface area contributed by atoms with E-state index in [1.165, 1.54) is 0 Å². The van der Waals surface area contributed by atoms with Crippen LogP contribution >= 0.6 is 0 Å². The number of aromatic nitrogens is 2. The van der Waals surface area contributed by atoms with E-state index in [1.54, 1.807) is 6.20 Å². The minimum Gasteiger partial charge on any atom is -0.383 e. The van der Waals surface area contributed by atoms with Crippen molar-refractivity contribution < 1.29 is 9.47 Å². The highest BCUT2D eigenvalue weighted by molar-refractivity contribution is 5.39. The summed E-state index contributed by atoms with van der Waals surface area (Å²) < 4.78 is 12.2. The fraction of sp³-hybridized carbons (Fsp3) is 0.500. The summed E-state index contributed by atoms with van der Waals surface area (Å²) in [4.78, 5) is 11.0. The van der Waals surface area contributed by atoms with Crippen molar-refractivity contribution in [2.45, 2.75) is 18.6 Å². The molecule has 1 spiro atoms. The summed E-state index contributed by atoms with van der Waals surface area (Å²) in [5.41, 5.74) is 1.95. The number of pyridine rings is 2. The van der Waals surface area contributed by atoms with Crippen LogP contribution in [0.5, 0.6) is 0 Å². The second-order valence-electron chi connectivity index (χ2n) is 7.27. The van der Waals surface area contributed by atoms with Crippen molar-refractivity contribution in [2.24, 2.45) is 5.92 Å². The second-order valence-corrected chi connectivity index (χ2v) is 7.27. The highest BCUT2D eigenvalue weighted by Gasteiger charge is 2.43. The Morgan fingerprint density at radius 2 is 2.23 bits per heavy atom. The van der Waals surface area contributed by atoms with E-state index in [-0.39, 0.29) is 5.60 Å². The predicted octanol–water partition coefficient (Wildman–Crippen LogP) is 2.20. The molecule has 2 unspecified atom stereocenters. The molecule has 1 N–H and O–H groups in total. The first-order valence-electron chi connectivity index (χ1n) is 9.29. The van der Waals surface area contributed by atoms with Gasteiger partial charge in [-0.1, -0.05) is 6.07 Å². The van der Waals surface area contributed by atoms with Crippen LogP contribution in [-0.4, -0.2) is 59.9 Å². The number of anilines is 1.